The van der Waals surface area contributed by atoms with Gasteiger partial charge in [0, 0.05) is 24.8 Å². The lowest BCUT2D eigenvalue weighted by Gasteiger charge is -2.39. The van der Waals surface area contributed by atoms with Crippen molar-refractivity contribution in [2.24, 2.45) is 0 Å². The summed E-state index contributed by atoms with van der Waals surface area (Å²) < 4.78 is 82.4. The van der Waals surface area contributed by atoms with Gasteiger partial charge in [-0.3, -0.25) is 14.5 Å². The summed E-state index contributed by atoms with van der Waals surface area (Å²) in [6.45, 7) is 0.652. The van der Waals surface area contributed by atoms with Gasteiger partial charge in [-0.15, -0.1) is 24.8 Å². The number of nitrogens with zero attached hydrogens (tertiary/aromatic N) is 3. The molecule has 6 nitrogen and oxygen atoms in total. The van der Waals surface area contributed by atoms with Gasteiger partial charge in [0.05, 0.1) is 5.56 Å². The number of halogens is 8. The van der Waals surface area contributed by atoms with E-state index in [1.54, 1.807) is 6.07 Å². The fraction of sp³-hybridized carbons (Fsp3) is 0.481. The fourth-order valence-electron chi connectivity index (χ4n) is 5.26. The van der Waals surface area contributed by atoms with E-state index < -0.39 is 48.9 Å². The monoisotopic (exact) mass is 628 g/mol. The first-order valence-corrected chi connectivity index (χ1v) is 12.7. The number of hydrogen-bond donors (Lipinski definition) is 1. The molecule has 0 spiro atoms. The van der Waals surface area contributed by atoms with E-state index in [0.29, 0.717) is 55.9 Å². The van der Waals surface area contributed by atoms with Crippen LogP contribution in [0.4, 0.5) is 32.0 Å². The predicted octanol–water partition coefficient (Wildman–Crippen LogP) is 5.21. The Morgan fingerprint density at radius 1 is 0.976 bits per heavy atom. The van der Waals surface area contributed by atoms with E-state index in [2.05, 4.69) is 5.32 Å². The van der Waals surface area contributed by atoms with Crippen LogP contribution in [0.25, 0.3) is 0 Å². The number of alkyl halides is 6. The van der Waals surface area contributed by atoms with Crippen LogP contribution in [0.1, 0.15) is 35.1 Å². The third kappa shape index (κ3) is 8.27. The molecule has 0 aliphatic carbocycles. The van der Waals surface area contributed by atoms with Gasteiger partial charge in [-0.1, -0.05) is 30.3 Å². The minimum absolute atomic E-state index is 0. The van der Waals surface area contributed by atoms with Gasteiger partial charge in [-0.2, -0.15) is 26.3 Å². The van der Waals surface area contributed by atoms with E-state index in [-0.39, 0.29) is 36.1 Å². The van der Waals surface area contributed by atoms with Gasteiger partial charge in [0.25, 0.3) is 0 Å². The summed E-state index contributed by atoms with van der Waals surface area (Å²) in [4.78, 5) is 30.0. The van der Waals surface area contributed by atoms with E-state index in [9.17, 15) is 35.9 Å². The first kappa shape index (κ1) is 34.7. The van der Waals surface area contributed by atoms with Crippen molar-refractivity contribution >= 4 is 42.3 Å². The maximum Gasteiger partial charge on any atom is 0.471 e. The molecule has 228 valence electrons. The van der Waals surface area contributed by atoms with Crippen molar-refractivity contribution in [1.29, 1.82) is 0 Å². The second-order valence-corrected chi connectivity index (χ2v) is 9.94. The minimum atomic E-state index is -5.25. The molecule has 2 heterocycles. The third-order valence-electron chi connectivity index (χ3n) is 7.30. The summed E-state index contributed by atoms with van der Waals surface area (Å²) >= 11 is 0. The fourth-order valence-corrected chi connectivity index (χ4v) is 5.26. The van der Waals surface area contributed by atoms with Crippen LogP contribution in [-0.4, -0.2) is 67.1 Å². The number of benzene rings is 2. The van der Waals surface area contributed by atoms with Gasteiger partial charge in [0.1, 0.15) is 6.54 Å². The minimum Gasteiger partial charge on any atom is -0.334 e. The molecule has 0 aromatic heterocycles. The zero-order chi connectivity index (χ0) is 28.4. The molecule has 2 aromatic rings. The molecule has 0 atom stereocenters. The molecule has 14 heteroatoms. The number of hydrogen-bond acceptors (Lipinski definition) is 4. The van der Waals surface area contributed by atoms with Crippen molar-refractivity contribution in [1.82, 2.24) is 15.1 Å². The Hall–Kier alpha value is -2.54. The summed E-state index contributed by atoms with van der Waals surface area (Å²) in [6.07, 6.45) is -8.68. The van der Waals surface area contributed by atoms with Crippen LogP contribution >= 0.6 is 24.8 Å². The van der Waals surface area contributed by atoms with Gasteiger partial charge in [0.15, 0.2) is 0 Å². The molecule has 0 bridgehead atoms. The molecule has 2 aromatic carbocycles. The van der Waals surface area contributed by atoms with Crippen molar-refractivity contribution in [2.45, 2.75) is 50.7 Å². The molecular formula is C27H32Cl2F6N4O2. The molecule has 1 saturated heterocycles. The topological polar surface area (TPSA) is 55.9 Å². The number of fused-ring (bicyclic) bond motifs is 1. The lowest BCUT2D eigenvalue weighted by molar-refractivity contribution is -0.170. The van der Waals surface area contributed by atoms with Crippen LogP contribution in [0.3, 0.4) is 0 Å². The highest BCUT2D eigenvalue weighted by Crippen LogP contribution is 2.34. The van der Waals surface area contributed by atoms with Crippen molar-refractivity contribution in [3.8, 4) is 0 Å². The molecule has 0 unspecified atom stereocenters. The maximum atomic E-state index is 13.7. The Kier molecular flexibility index (Phi) is 11.9. The van der Waals surface area contributed by atoms with E-state index in [4.69, 9.17) is 0 Å². The molecule has 0 saturated carbocycles. The van der Waals surface area contributed by atoms with E-state index in [1.807, 2.05) is 11.9 Å². The molecular weight excluding hydrogens is 597 g/mol. The normalized spacial score (nSPS) is 16.2. The van der Waals surface area contributed by atoms with Crippen molar-refractivity contribution in [3.63, 3.8) is 0 Å². The Morgan fingerprint density at radius 2 is 1.63 bits per heavy atom. The number of carbonyl (C=O) groups is 2. The smallest absolute Gasteiger partial charge is 0.334 e. The zero-order valence-electron chi connectivity index (χ0n) is 22.2. The number of likely N-dealkylation sites (tertiary alicyclic amines) is 1. The predicted molar refractivity (Wildman–Crippen MR) is 147 cm³/mol. The molecule has 1 fully saturated rings. The lowest BCUT2D eigenvalue weighted by atomic mass is 9.98. The van der Waals surface area contributed by atoms with Crippen LogP contribution < -0.4 is 10.2 Å². The van der Waals surface area contributed by atoms with Crippen molar-refractivity contribution in [2.75, 3.05) is 38.1 Å². The van der Waals surface area contributed by atoms with E-state index in [1.165, 1.54) is 35.2 Å². The van der Waals surface area contributed by atoms with Gasteiger partial charge in [-0.05, 0) is 74.8 Å². The summed E-state index contributed by atoms with van der Waals surface area (Å²) in [5, 5.41) is 3.12. The van der Waals surface area contributed by atoms with Crippen molar-refractivity contribution < 1.29 is 35.9 Å². The van der Waals surface area contributed by atoms with Gasteiger partial charge >= 0.3 is 18.3 Å². The standard InChI is InChI=1S/C27H30F6N4O2.2ClH/c1-35-13-10-20(11-14-35)36(16-19-5-2-3-7-22(19)26(28,29)30)24(38)17-37(25(39)27(31,32)33)23-8-4-6-18-15-34-12-9-21(18)23;;/h2-8,20,34H,9-17H2,1H3;2*1H. The number of piperidine rings is 1. The summed E-state index contributed by atoms with van der Waals surface area (Å²) in [5.41, 5.74) is 0.175. The van der Waals surface area contributed by atoms with Crippen LogP contribution in [0.2, 0.25) is 0 Å². The molecule has 41 heavy (non-hydrogen) atoms. The van der Waals surface area contributed by atoms with E-state index >= 15 is 0 Å². The quantitative estimate of drug-likeness (QED) is 0.446. The Morgan fingerprint density at radius 3 is 2.27 bits per heavy atom. The SMILES string of the molecule is CN1CCC(N(Cc2ccccc2C(F)(F)F)C(=O)CN(C(=O)C(F)(F)F)c2cccc3c2CCNC3)CC1.Cl.Cl. The average Bonchev–Trinajstić information content (AvgIpc) is 2.89. The number of nitrogens with one attached hydrogen (secondary N) is 1. The number of amides is 2. The molecule has 4 rings (SSSR count). The molecule has 2 aliphatic rings. The molecule has 1 N–H and O–H groups in total. The van der Waals surface area contributed by atoms with Crippen LogP contribution in [0.5, 0.6) is 0 Å². The lowest BCUT2D eigenvalue weighted by Crippen LogP contribution is -2.52. The van der Waals surface area contributed by atoms with Crippen molar-refractivity contribution in [3.05, 3.63) is 64.7 Å². The second kappa shape index (κ2) is 14.1. The highest BCUT2D eigenvalue weighted by Gasteiger charge is 2.45. The first-order chi connectivity index (χ1) is 18.4. The molecule has 2 amide bonds. The largest absolute Gasteiger partial charge is 0.471 e. The third-order valence-corrected chi connectivity index (χ3v) is 7.30. The van der Waals surface area contributed by atoms with E-state index in [0.717, 1.165) is 11.6 Å². The number of anilines is 1. The van der Waals surface area contributed by atoms with Crippen LogP contribution in [0.15, 0.2) is 42.5 Å². The van der Waals surface area contributed by atoms with Crippen LogP contribution in [-0.2, 0) is 35.3 Å². The number of rotatable bonds is 6. The van der Waals surface area contributed by atoms with Gasteiger partial charge < -0.3 is 15.1 Å². The van der Waals surface area contributed by atoms with Gasteiger partial charge in [-0.25, -0.2) is 0 Å². The van der Waals surface area contributed by atoms with Gasteiger partial charge in [0.2, 0.25) is 5.91 Å². The summed E-state index contributed by atoms with van der Waals surface area (Å²) in [6, 6.07) is 8.98. The highest BCUT2D eigenvalue weighted by atomic mass is 35.5. The average molecular weight is 629 g/mol. The van der Waals surface area contributed by atoms with Crippen LogP contribution in [0, 0.1) is 0 Å². The number of carbonyl (C=O) groups excluding carboxylic acids is 2. The maximum absolute atomic E-state index is 13.7. The molecule has 2 aliphatic heterocycles. The summed E-state index contributed by atoms with van der Waals surface area (Å²) in [7, 11) is 1.87. The summed E-state index contributed by atoms with van der Waals surface area (Å²) in [5.74, 6) is -3.03. The Bertz CT molecular complexity index is 1200. The molecule has 0 radical (unpaired) electrons. The first-order valence-electron chi connectivity index (χ1n) is 12.7. The Labute approximate surface area is 246 Å². The zero-order valence-corrected chi connectivity index (χ0v) is 23.9. The second-order valence-electron chi connectivity index (χ2n) is 9.94. The highest BCUT2D eigenvalue weighted by molar-refractivity contribution is 6.02. The Balaban J connectivity index is 0.00000294.